The number of aliphatic hydroxyl groups is 1. The highest BCUT2D eigenvalue weighted by atomic mass is 35.5. The number of rotatable bonds is 0. The van der Waals surface area contributed by atoms with E-state index in [0.717, 1.165) is 74.5 Å². The van der Waals surface area contributed by atoms with Gasteiger partial charge in [0.1, 0.15) is 5.75 Å². The summed E-state index contributed by atoms with van der Waals surface area (Å²) < 4.78 is 22.7. The quantitative estimate of drug-likeness (QED) is 0.385. The minimum Gasteiger partial charge on any atom is -0.490 e. The fourth-order valence-corrected chi connectivity index (χ4v) is 9.82. The molecule has 7 atom stereocenters. The molecule has 222 valence electrons. The van der Waals surface area contributed by atoms with Crippen molar-refractivity contribution in [2.45, 2.75) is 70.3 Å². The number of aryl methyl sites for hydroxylation is 1. The lowest BCUT2D eigenvalue weighted by Gasteiger charge is -2.46. The van der Waals surface area contributed by atoms with Crippen LogP contribution in [0.5, 0.6) is 5.75 Å². The minimum atomic E-state index is -2.82. The van der Waals surface area contributed by atoms with Crippen LogP contribution in [0.15, 0.2) is 36.4 Å². The van der Waals surface area contributed by atoms with Gasteiger partial charge in [0.2, 0.25) is 0 Å². The molecule has 2 heterocycles. The number of aliphatic hydroxyl groups excluding tert-OH is 1. The van der Waals surface area contributed by atoms with Crippen LogP contribution in [0.25, 0.3) is 0 Å². The van der Waals surface area contributed by atoms with Gasteiger partial charge in [-0.1, -0.05) is 31.5 Å². The summed E-state index contributed by atoms with van der Waals surface area (Å²) in [5, 5.41) is 12.1. The summed E-state index contributed by atoms with van der Waals surface area (Å²) in [6.45, 7) is 6.33. The molecule has 2 aromatic carbocycles. The molecule has 1 unspecified atom stereocenters. The van der Waals surface area contributed by atoms with E-state index in [-0.39, 0.29) is 29.3 Å². The van der Waals surface area contributed by atoms with Gasteiger partial charge in [0.25, 0.3) is 5.91 Å². The lowest BCUT2D eigenvalue weighted by Crippen LogP contribution is -2.49. The standard InChI is InChI=1S/C33H43ClN2O4S/c1-21-13-22(2)18-41(3,39)35-32(38)24-7-11-31-29(16-24)36(17-25-6-9-27(25)30(37)14-21)19-33(20-40-31)12-4-5-23-15-26(34)8-10-28(23)33/h7-8,10-11,15-16,21-22,25,27,30,37H,3-6,9,12-14,17-20H2,1-2H3,(H,35,38,39)/t21-,22-,25+,27-,30-,33+,41?/m1/s1. The van der Waals surface area contributed by atoms with E-state index >= 15 is 0 Å². The summed E-state index contributed by atoms with van der Waals surface area (Å²) in [6, 6.07) is 11.8. The highest BCUT2D eigenvalue weighted by Crippen LogP contribution is 2.47. The summed E-state index contributed by atoms with van der Waals surface area (Å²) in [5.41, 5.74) is 3.73. The zero-order valence-corrected chi connectivity index (χ0v) is 25.8. The van der Waals surface area contributed by atoms with E-state index in [1.807, 2.05) is 18.2 Å². The average molecular weight is 599 g/mol. The van der Waals surface area contributed by atoms with Crippen LogP contribution in [0.4, 0.5) is 5.69 Å². The number of ether oxygens (including phenoxy) is 1. The molecule has 1 fully saturated rings. The van der Waals surface area contributed by atoms with Gasteiger partial charge in [0.15, 0.2) is 0 Å². The zero-order chi connectivity index (χ0) is 28.9. The maximum Gasteiger partial charge on any atom is 0.262 e. The first-order valence-electron chi connectivity index (χ1n) is 15.2. The van der Waals surface area contributed by atoms with Crippen molar-refractivity contribution in [3.63, 3.8) is 0 Å². The Balaban J connectivity index is 1.41. The second-order valence-corrected chi connectivity index (χ2v) is 16.0. The van der Waals surface area contributed by atoms with Crippen LogP contribution in [0.3, 0.4) is 0 Å². The van der Waals surface area contributed by atoms with Gasteiger partial charge in [-0.3, -0.25) is 9.52 Å². The molecule has 1 spiro atoms. The van der Waals surface area contributed by atoms with Gasteiger partial charge in [-0.05, 0) is 116 Å². The molecule has 4 aliphatic rings. The van der Waals surface area contributed by atoms with Crippen LogP contribution in [0.1, 0.15) is 73.9 Å². The monoisotopic (exact) mass is 598 g/mol. The summed E-state index contributed by atoms with van der Waals surface area (Å²) in [7, 11) is -2.82. The summed E-state index contributed by atoms with van der Waals surface area (Å²) >= 11 is 6.40. The van der Waals surface area contributed by atoms with E-state index in [1.165, 1.54) is 11.1 Å². The number of carbonyl (C=O) groups excluding carboxylic acids is 1. The number of hydrogen-bond acceptors (Lipinski definition) is 5. The fourth-order valence-electron chi connectivity index (χ4n) is 8.03. The van der Waals surface area contributed by atoms with E-state index in [2.05, 4.69) is 41.5 Å². The smallest absolute Gasteiger partial charge is 0.262 e. The summed E-state index contributed by atoms with van der Waals surface area (Å²) in [5.74, 6) is 5.65. The Morgan fingerprint density at radius 2 is 1.98 bits per heavy atom. The third kappa shape index (κ3) is 5.87. The number of nitrogens with zero attached hydrogens (tertiary/aromatic N) is 1. The highest BCUT2D eigenvalue weighted by molar-refractivity contribution is 7.99. The molecule has 6 rings (SSSR count). The first kappa shape index (κ1) is 28.9. The van der Waals surface area contributed by atoms with E-state index in [1.54, 1.807) is 6.07 Å². The zero-order valence-electron chi connectivity index (χ0n) is 24.2. The number of benzene rings is 2. The first-order chi connectivity index (χ1) is 19.5. The van der Waals surface area contributed by atoms with Gasteiger partial charge in [0.05, 0.1) is 18.4 Å². The number of carbonyl (C=O) groups is 1. The molecule has 1 amide bonds. The normalized spacial score (nSPS) is 35.8. The molecular weight excluding hydrogens is 556 g/mol. The number of nitrogens with one attached hydrogen (secondary N) is 1. The molecule has 2 aliphatic carbocycles. The number of hydrogen-bond donors (Lipinski definition) is 2. The molecular formula is C33H43ClN2O4S. The van der Waals surface area contributed by atoms with Crippen molar-refractivity contribution in [1.82, 2.24) is 4.72 Å². The van der Waals surface area contributed by atoms with Crippen molar-refractivity contribution in [3.05, 3.63) is 58.1 Å². The first-order valence-corrected chi connectivity index (χ1v) is 17.5. The average Bonchev–Trinajstić information content (AvgIpc) is 3.02. The Kier molecular flexibility index (Phi) is 7.84. The number of anilines is 1. The van der Waals surface area contributed by atoms with Crippen molar-refractivity contribution in [3.8, 4) is 5.75 Å². The Morgan fingerprint density at radius 1 is 1.15 bits per heavy atom. The largest absolute Gasteiger partial charge is 0.490 e. The lowest BCUT2D eigenvalue weighted by molar-refractivity contribution is 0.000594. The van der Waals surface area contributed by atoms with Crippen LogP contribution in [0, 0.1) is 23.7 Å². The summed E-state index contributed by atoms with van der Waals surface area (Å²) in [6.07, 6.45) is 6.42. The molecule has 2 aliphatic heterocycles. The van der Waals surface area contributed by atoms with Crippen LogP contribution >= 0.6 is 11.6 Å². The second-order valence-electron chi connectivity index (χ2n) is 13.4. The van der Waals surface area contributed by atoms with Crippen molar-refractivity contribution < 1.29 is 18.8 Å². The molecule has 41 heavy (non-hydrogen) atoms. The molecule has 2 aromatic rings. The molecule has 8 heteroatoms. The van der Waals surface area contributed by atoms with E-state index in [4.69, 9.17) is 16.3 Å². The number of halogens is 1. The molecule has 0 aromatic heterocycles. The maximum atomic E-state index is 13.4. The van der Waals surface area contributed by atoms with Crippen molar-refractivity contribution in [2.24, 2.45) is 23.7 Å². The van der Waals surface area contributed by atoms with Gasteiger partial charge < -0.3 is 14.7 Å². The predicted molar refractivity (Wildman–Crippen MR) is 168 cm³/mol. The molecule has 6 nitrogen and oxygen atoms in total. The minimum absolute atomic E-state index is 0.118. The van der Waals surface area contributed by atoms with Gasteiger partial charge in [-0.25, -0.2) is 4.21 Å². The maximum absolute atomic E-state index is 13.4. The van der Waals surface area contributed by atoms with Gasteiger partial charge in [-0.15, -0.1) is 0 Å². The van der Waals surface area contributed by atoms with Crippen molar-refractivity contribution in [2.75, 3.05) is 30.3 Å². The van der Waals surface area contributed by atoms with Crippen LogP contribution in [-0.2, 0) is 21.5 Å². The van der Waals surface area contributed by atoms with Crippen LogP contribution in [0.2, 0.25) is 5.02 Å². The molecule has 1 saturated carbocycles. The Hall–Kier alpha value is -2.22. The SMILES string of the molecule is C=S1(=O)C[C@H](C)C[C@@H](C)C[C@@H](O)[C@@H]2CC[C@H]2CN2C[C@@]3(CCCc4cc(Cl)ccc43)COc3ccc(cc32)C(=O)N1. The van der Waals surface area contributed by atoms with Gasteiger partial charge in [0, 0.05) is 44.6 Å². The molecule has 2 N–H and O–H groups in total. The van der Waals surface area contributed by atoms with Crippen molar-refractivity contribution >= 4 is 38.8 Å². The Morgan fingerprint density at radius 3 is 2.76 bits per heavy atom. The lowest BCUT2D eigenvalue weighted by atomic mass is 9.67. The number of fused-ring (bicyclic) bond motifs is 4. The van der Waals surface area contributed by atoms with E-state index in [0.29, 0.717) is 29.8 Å². The van der Waals surface area contributed by atoms with E-state index < -0.39 is 9.71 Å². The molecule has 2 bridgehead atoms. The topological polar surface area (TPSA) is 78.9 Å². The third-order valence-electron chi connectivity index (χ3n) is 10.0. The van der Waals surface area contributed by atoms with E-state index in [9.17, 15) is 14.1 Å². The third-order valence-corrected chi connectivity index (χ3v) is 11.9. The second kappa shape index (κ2) is 11.1. The number of amides is 1. The van der Waals surface area contributed by atoms with Crippen LogP contribution in [-0.4, -0.2) is 52.6 Å². The van der Waals surface area contributed by atoms with Crippen molar-refractivity contribution in [1.29, 1.82) is 0 Å². The fraction of sp³-hybridized carbons (Fsp3) is 0.576. The van der Waals surface area contributed by atoms with Gasteiger partial charge >= 0.3 is 0 Å². The van der Waals surface area contributed by atoms with Crippen LogP contribution < -0.4 is 14.4 Å². The Bertz CT molecular complexity index is 1430. The van der Waals surface area contributed by atoms with Gasteiger partial charge in [-0.2, -0.15) is 0 Å². The predicted octanol–water partition coefficient (Wildman–Crippen LogP) is 5.63. The highest BCUT2D eigenvalue weighted by Gasteiger charge is 2.44. The molecule has 0 saturated heterocycles. The summed E-state index contributed by atoms with van der Waals surface area (Å²) in [4.78, 5) is 15.8. The molecule has 0 radical (unpaired) electrons. The Labute approximate surface area is 249 Å².